The SMILES string of the molecule is Cc1c(N)nc(C(C)(C)C)nc1NCCOCCO. The number of nitrogens with one attached hydrogen (secondary N) is 1. The van der Waals surface area contributed by atoms with Crippen LogP contribution in [0.4, 0.5) is 11.6 Å². The van der Waals surface area contributed by atoms with Crippen LogP contribution in [0.3, 0.4) is 0 Å². The highest BCUT2D eigenvalue weighted by atomic mass is 16.5. The molecule has 0 aromatic carbocycles. The van der Waals surface area contributed by atoms with Gasteiger partial charge in [-0.3, -0.25) is 0 Å². The fourth-order valence-electron chi connectivity index (χ4n) is 1.45. The van der Waals surface area contributed by atoms with Crippen molar-refractivity contribution in [3.8, 4) is 0 Å². The third kappa shape index (κ3) is 4.65. The summed E-state index contributed by atoms with van der Waals surface area (Å²) in [5, 5.41) is 11.8. The van der Waals surface area contributed by atoms with Gasteiger partial charge in [0.2, 0.25) is 0 Å². The summed E-state index contributed by atoms with van der Waals surface area (Å²) in [6.45, 7) is 9.53. The van der Waals surface area contributed by atoms with Crippen LogP contribution in [0.5, 0.6) is 0 Å². The summed E-state index contributed by atoms with van der Waals surface area (Å²) < 4.78 is 5.18. The van der Waals surface area contributed by atoms with E-state index in [0.29, 0.717) is 25.6 Å². The quantitative estimate of drug-likeness (QED) is 0.669. The summed E-state index contributed by atoms with van der Waals surface area (Å²) in [5.74, 6) is 1.96. The van der Waals surface area contributed by atoms with Gasteiger partial charge in [0.1, 0.15) is 17.5 Å². The molecule has 0 fully saturated rings. The molecule has 1 heterocycles. The Morgan fingerprint density at radius 3 is 2.53 bits per heavy atom. The number of aromatic nitrogens is 2. The maximum atomic E-state index is 8.61. The van der Waals surface area contributed by atoms with E-state index in [1.54, 1.807) is 0 Å². The van der Waals surface area contributed by atoms with Gasteiger partial charge < -0.3 is 20.9 Å². The molecule has 1 aromatic rings. The van der Waals surface area contributed by atoms with Crippen molar-refractivity contribution < 1.29 is 9.84 Å². The smallest absolute Gasteiger partial charge is 0.138 e. The zero-order chi connectivity index (χ0) is 14.5. The number of aliphatic hydroxyl groups excluding tert-OH is 1. The highest BCUT2D eigenvalue weighted by molar-refractivity contribution is 5.55. The molecule has 0 unspecified atom stereocenters. The Kier molecular flexibility index (Phi) is 5.50. The molecule has 0 saturated heterocycles. The zero-order valence-corrected chi connectivity index (χ0v) is 12.2. The molecule has 0 saturated carbocycles. The molecule has 0 radical (unpaired) electrons. The highest BCUT2D eigenvalue weighted by Gasteiger charge is 2.20. The second-order valence-corrected chi connectivity index (χ2v) is 5.42. The lowest BCUT2D eigenvalue weighted by Gasteiger charge is -2.19. The normalized spacial score (nSPS) is 11.6. The van der Waals surface area contributed by atoms with E-state index in [2.05, 4.69) is 15.3 Å². The van der Waals surface area contributed by atoms with Crippen molar-refractivity contribution in [1.82, 2.24) is 9.97 Å². The maximum absolute atomic E-state index is 8.61. The third-order valence-corrected chi connectivity index (χ3v) is 2.63. The Bertz CT molecular complexity index is 416. The van der Waals surface area contributed by atoms with Gasteiger partial charge in [0, 0.05) is 17.5 Å². The first-order valence-electron chi connectivity index (χ1n) is 6.43. The lowest BCUT2D eigenvalue weighted by atomic mass is 9.95. The van der Waals surface area contributed by atoms with E-state index >= 15 is 0 Å². The minimum absolute atomic E-state index is 0.0354. The van der Waals surface area contributed by atoms with E-state index in [4.69, 9.17) is 15.6 Å². The minimum atomic E-state index is -0.147. The first-order chi connectivity index (χ1) is 8.86. The van der Waals surface area contributed by atoms with Gasteiger partial charge >= 0.3 is 0 Å². The van der Waals surface area contributed by atoms with Crippen LogP contribution in [0.2, 0.25) is 0 Å². The van der Waals surface area contributed by atoms with Crippen molar-refractivity contribution in [2.24, 2.45) is 0 Å². The van der Waals surface area contributed by atoms with Gasteiger partial charge in [-0.2, -0.15) is 0 Å². The number of nitrogen functional groups attached to an aromatic ring is 1. The Balaban J connectivity index is 2.74. The van der Waals surface area contributed by atoms with E-state index in [1.807, 2.05) is 27.7 Å². The van der Waals surface area contributed by atoms with Crippen LogP contribution >= 0.6 is 0 Å². The molecule has 0 aliphatic carbocycles. The number of aliphatic hydroxyl groups is 1. The Morgan fingerprint density at radius 1 is 1.26 bits per heavy atom. The summed E-state index contributed by atoms with van der Waals surface area (Å²) in [6.07, 6.45) is 0. The van der Waals surface area contributed by atoms with Gasteiger partial charge in [-0.1, -0.05) is 20.8 Å². The second-order valence-electron chi connectivity index (χ2n) is 5.42. The highest BCUT2D eigenvalue weighted by Crippen LogP contribution is 2.24. The van der Waals surface area contributed by atoms with Gasteiger partial charge in [-0.05, 0) is 6.92 Å². The molecule has 0 amide bonds. The molecule has 6 heteroatoms. The number of ether oxygens (including phenoxy) is 1. The average Bonchev–Trinajstić information content (AvgIpc) is 2.32. The predicted molar refractivity (Wildman–Crippen MR) is 76.3 cm³/mol. The largest absolute Gasteiger partial charge is 0.394 e. The van der Waals surface area contributed by atoms with Gasteiger partial charge in [-0.25, -0.2) is 9.97 Å². The monoisotopic (exact) mass is 268 g/mol. The molecular formula is C13H24N4O2. The van der Waals surface area contributed by atoms with E-state index in [9.17, 15) is 0 Å². The van der Waals surface area contributed by atoms with Crippen LogP contribution < -0.4 is 11.1 Å². The van der Waals surface area contributed by atoms with Gasteiger partial charge in [0.15, 0.2) is 0 Å². The van der Waals surface area contributed by atoms with Crippen LogP contribution in [0.15, 0.2) is 0 Å². The summed E-state index contributed by atoms with van der Waals surface area (Å²) in [7, 11) is 0. The number of rotatable bonds is 6. The van der Waals surface area contributed by atoms with E-state index in [-0.39, 0.29) is 12.0 Å². The van der Waals surface area contributed by atoms with Crippen LogP contribution in [-0.4, -0.2) is 41.4 Å². The average molecular weight is 268 g/mol. The number of nitrogens with zero attached hydrogens (tertiary/aromatic N) is 2. The van der Waals surface area contributed by atoms with Gasteiger partial charge in [-0.15, -0.1) is 0 Å². The Labute approximate surface area is 114 Å². The molecule has 0 bridgehead atoms. The fraction of sp³-hybridized carbons (Fsp3) is 0.692. The van der Waals surface area contributed by atoms with Crippen molar-refractivity contribution in [1.29, 1.82) is 0 Å². The minimum Gasteiger partial charge on any atom is -0.394 e. The first kappa shape index (κ1) is 15.7. The molecular weight excluding hydrogens is 244 g/mol. The van der Waals surface area contributed by atoms with Crippen molar-refractivity contribution in [2.45, 2.75) is 33.1 Å². The van der Waals surface area contributed by atoms with Crippen LogP contribution in [0.1, 0.15) is 32.2 Å². The molecule has 1 aromatic heterocycles. The molecule has 1 rings (SSSR count). The summed E-state index contributed by atoms with van der Waals surface area (Å²) in [5.41, 5.74) is 6.61. The number of anilines is 2. The molecule has 19 heavy (non-hydrogen) atoms. The second kappa shape index (κ2) is 6.68. The zero-order valence-electron chi connectivity index (χ0n) is 12.2. The van der Waals surface area contributed by atoms with Crippen LogP contribution in [0, 0.1) is 6.92 Å². The number of hydrogen-bond donors (Lipinski definition) is 3. The summed E-state index contributed by atoms with van der Waals surface area (Å²) >= 11 is 0. The number of nitrogens with two attached hydrogens (primary N) is 1. The van der Waals surface area contributed by atoms with Gasteiger partial charge in [0.25, 0.3) is 0 Å². The van der Waals surface area contributed by atoms with Crippen molar-refractivity contribution >= 4 is 11.6 Å². The summed E-state index contributed by atoms with van der Waals surface area (Å²) in [6, 6.07) is 0. The molecule has 0 aliphatic heterocycles. The summed E-state index contributed by atoms with van der Waals surface area (Å²) in [4.78, 5) is 8.84. The molecule has 0 aliphatic rings. The Morgan fingerprint density at radius 2 is 1.95 bits per heavy atom. The lowest BCUT2D eigenvalue weighted by molar-refractivity contribution is 0.0992. The molecule has 0 atom stereocenters. The molecule has 6 nitrogen and oxygen atoms in total. The lowest BCUT2D eigenvalue weighted by Crippen LogP contribution is -2.20. The molecule has 0 spiro atoms. The third-order valence-electron chi connectivity index (χ3n) is 2.63. The predicted octanol–water partition coefficient (Wildman–Crippen LogP) is 1.09. The Hall–Kier alpha value is -1.40. The van der Waals surface area contributed by atoms with Crippen molar-refractivity contribution in [3.05, 3.63) is 11.4 Å². The molecule has 4 N–H and O–H groups in total. The van der Waals surface area contributed by atoms with E-state index in [0.717, 1.165) is 17.2 Å². The topological polar surface area (TPSA) is 93.3 Å². The standard InChI is InChI=1S/C13H24N4O2/c1-9-10(14)16-12(13(2,3)4)17-11(9)15-5-7-19-8-6-18/h18H,5-8H2,1-4H3,(H3,14,15,16,17). The van der Waals surface area contributed by atoms with E-state index < -0.39 is 0 Å². The van der Waals surface area contributed by atoms with Crippen molar-refractivity contribution in [2.75, 3.05) is 37.4 Å². The van der Waals surface area contributed by atoms with E-state index in [1.165, 1.54) is 0 Å². The fourth-order valence-corrected chi connectivity index (χ4v) is 1.45. The molecule has 108 valence electrons. The first-order valence-corrected chi connectivity index (χ1v) is 6.43. The number of hydrogen-bond acceptors (Lipinski definition) is 6. The van der Waals surface area contributed by atoms with Crippen LogP contribution in [-0.2, 0) is 10.2 Å². The van der Waals surface area contributed by atoms with Crippen molar-refractivity contribution in [3.63, 3.8) is 0 Å². The maximum Gasteiger partial charge on any atom is 0.138 e. The van der Waals surface area contributed by atoms with Crippen LogP contribution in [0.25, 0.3) is 0 Å². The van der Waals surface area contributed by atoms with Gasteiger partial charge in [0.05, 0.1) is 19.8 Å².